The quantitative estimate of drug-likeness (QED) is 0.546. The van der Waals surface area contributed by atoms with Gasteiger partial charge in [0, 0.05) is 19.5 Å². The monoisotopic (exact) mass is 370 g/mol. The van der Waals surface area contributed by atoms with E-state index in [0.717, 1.165) is 24.6 Å². The second-order valence-electron chi connectivity index (χ2n) is 5.41. The molecular weight excluding hydrogens is 351 g/mol. The topological polar surface area (TPSA) is 92.8 Å². The first-order valence-corrected chi connectivity index (χ1v) is 9.18. The van der Waals surface area contributed by atoms with Crippen molar-refractivity contribution in [1.29, 1.82) is 0 Å². The van der Waals surface area contributed by atoms with Gasteiger partial charge in [0.2, 0.25) is 15.9 Å². The molecule has 1 aromatic rings. The molecule has 9 heteroatoms. The van der Waals surface area contributed by atoms with Crippen molar-refractivity contribution in [3.05, 3.63) is 42.2 Å². The Hall–Kier alpha value is -2.26. The number of benzene rings is 1. The van der Waals surface area contributed by atoms with E-state index in [1.54, 1.807) is 4.90 Å². The smallest absolute Gasteiger partial charge is 0.338 e. The van der Waals surface area contributed by atoms with Crippen LogP contribution in [-0.4, -0.2) is 51.4 Å². The molecule has 1 aromatic carbocycles. The van der Waals surface area contributed by atoms with Gasteiger partial charge in [0.05, 0.1) is 12.1 Å². The Balaban J connectivity index is 2.03. The van der Waals surface area contributed by atoms with Gasteiger partial charge in [-0.3, -0.25) is 4.79 Å². The van der Waals surface area contributed by atoms with Crippen LogP contribution in [0.5, 0.6) is 0 Å². The van der Waals surface area contributed by atoms with Crippen LogP contribution in [0.15, 0.2) is 35.7 Å². The van der Waals surface area contributed by atoms with E-state index in [9.17, 15) is 22.4 Å². The molecule has 136 valence electrons. The molecule has 1 heterocycles. The third-order valence-corrected chi connectivity index (χ3v) is 5.08. The van der Waals surface area contributed by atoms with Crippen molar-refractivity contribution in [3.8, 4) is 0 Å². The fourth-order valence-electron chi connectivity index (χ4n) is 2.35. The van der Waals surface area contributed by atoms with Gasteiger partial charge in [-0.15, -0.1) is 6.58 Å². The van der Waals surface area contributed by atoms with Gasteiger partial charge in [0.15, 0.2) is 0 Å². The van der Waals surface area contributed by atoms with Crippen LogP contribution in [0.4, 0.5) is 4.39 Å². The minimum atomic E-state index is -4.11. The Bertz CT molecular complexity index is 779. The van der Waals surface area contributed by atoms with Crippen molar-refractivity contribution < 1.29 is 27.1 Å². The predicted molar refractivity (Wildman–Crippen MR) is 87.9 cm³/mol. The van der Waals surface area contributed by atoms with Crippen LogP contribution >= 0.6 is 0 Å². The molecule has 0 aliphatic carbocycles. The number of amides is 1. The Morgan fingerprint density at radius 1 is 1.44 bits per heavy atom. The Labute approximate surface area is 145 Å². The standard InChI is InChI=1S/C16H19FN2O5S/c1-2-7-18-25(22,23)14-11-12(5-6-13(14)17)16(21)24-10-9-19-8-3-4-15(19)20/h2,5-6,11,18H,1,3-4,7-10H2. The van der Waals surface area contributed by atoms with E-state index < -0.39 is 26.7 Å². The number of nitrogens with zero attached hydrogens (tertiary/aromatic N) is 1. The van der Waals surface area contributed by atoms with Crippen LogP contribution in [0.1, 0.15) is 23.2 Å². The average Bonchev–Trinajstić information content (AvgIpc) is 2.98. The normalized spacial score (nSPS) is 14.6. The van der Waals surface area contributed by atoms with Crippen LogP contribution in [0.2, 0.25) is 0 Å². The lowest BCUT2D eigenvalue weighted by atomic mass is 10.2. The summed E-state index contributed by atoms with van der Waals surface area (Å²) in [6.45, 7) is 4.20. The van der Waals surface area contributed by atoms with Crippen molar-refractivity contribution >= 4 is 21.9 Å². The number of halogens is 1. The lowest BCUT2D eigenvalue weighted by molar-refractivity contribution is -0.128. The maximum atomic E-state index is 13.8. The van der Waals surface area contributed by atoms with Crippen LogP contribution in [-0.2, 0) is 19.6 Å². The van der Waals surface area contributed by atoms with Gasteiger partial charge in [-0.05, 0) is 24.6 Å². The minimum Gasteiger partial charge on any atom is -0.460 e. The summed E-state index contributed by atoms with van der Waals surface area (Å²) in [7, 11) is -4.11. The predicted octanol–water partition coefficient (Wildman–Crippen LogP) is 1.07. The SMILES string of the molecule is C=CCNS(=O)(=O)c1cc(C(=O)OCCN2CCCC2=O)ccc1F. The molecule has 1 saturated heterocycles. The Kier molecular flexibility index (Phi) is 6.27. The number of carbonyl (C=O) groups excluding carboxylic acids is 2. The second-order valence-corrected chi connectivity index (χ2v) is 7.14. The van der Waals surface area contributed by atoms with Crippen LogP contribution < -0.4 is 4.72 Å². The van der Waals surface area contributed by atoms with E-state index in [-0.39, 0.29) is 31.2 Å². The van der Waals surface area contributed by atoms with Gasteiger partial charge in [-0.25, -0.2) is 22.3 Å². The summed E-state index contributed by atoms with van der Waals surface area (Å²) >= 11 is 0. The fourth-order valence-corrected chi connectivity index (χ4v) is 3.45. The Morgan fingerprint density at radius 2 is 2.20 bits per heavy atom. The molecule has 0 radical (unpaired) electrons. The van der Waals surface area contributed by atoms with E-state index in [2.05, 4.69) is 11.3 Å². The van der Waals surface area contributed by atoms with Crippen LogP contribution in [0.3, 0.4) is 0 Å². The minimum absolute atomic E-state index is 0.0134. The number of esters is 1. The van der Waals surface area contributed by atoms with Gasteiger partial charge >= 0.3 is 5.97 Å². The molecule has 1 aliphatic rings. The Morgan fingerprint density at radius 3 is 2.84 bits per heavy atom. The summed E-state index contributed by atoms with van der Waals surface area (Å²) in [4.78, 5) is 24.4. The average molecular weight is 370 g/mol. The number of rotatable bonds is 8. The van der Waals surface area contributed by atoms with Crippen LogP contribution in [0.25, 0.3) is 0 Å². The number of hydrogen-bond acceptors (Lipinski definition) is 5. The zero-order chi connectivity index (χ0) is 18.4. The van der Waals surface area contributed by atoms with E-state index in [1.165, 1.54) is 6.08 Å². The van der Waals surface area contributed by atoms with Gasteiger partial charge in [0.1, 0.15) is 17.3 Å². The van der Waals surface area contributed by atoms with E-state index in [0.29, 0.717) is 13.0 Å². The van der Waals surface area contributed by atoms with Crippen molar-refractivity contribution in [2.75, 3.05) is 26.2 Å². The largest absolute Gasteiger partial charge is 0.460 e. The highest BCUT2D eigenvalue weighted by molar-refractivity contribution is 7.89. The van der Waals surface area contributed by atoms with E-state index in [1.807, 2.05) is 0 Å². The summed E-state index contributed by atoms with van der Waals surface area (Å²) in [6, 6.07) is 2.96. The van der Waals surface area contributed by atoms with Crippen molar-refractivity contribution in [2.24, 2.45) is 0 Å². The number of carbonyl (C=O) groups is 2. The molecule has 0 unspecified atom stereocenters. The number of nitrogens with one attached hydrogen (secondary N) is 1. The van der Waals surface area contributed by atoms with Crippen molar-refractivity contribution in [3.63, 3.8) is 0 Å². The third-order valence-electron chi connectivity index (χ3n) is 3.64. The molecule has 2 rings (SSSR count). The second kappa shape index (κ2) is 8.21. The highest BCUT2D eigenvalue weighted by Gasteiger charge is 2.22. The lowest BCUT2D eigenvalue weighted by Crippen LogP contribution is -2.29. The number of hydrogen-bond donors (Lipinski definition) is 1. The number of ether oxygens (including phenoxy) is 1. The lowest BCUT2D eigenvalue weighted by Gasteiger charge is -2.15. The maximum absolute atomic E-state index is 13.8. The molecule has 25 heavy (non-hydrogen) atoms. The third kappa shape index (κ3) is 4.86. The zero-order valence-electron chi connectivity index (χ0n) is 13.5. The molecule has 1 aliphatic heterocycles. The highest BCUT2D eigenvalue weighted by atomic mass is 32.2. The summed E-state index contributed by atoms with van der Waals surface area (Å²) in [6.07, 6.45) is 2.59. The summed E-state index contributed by atoms with van der Waals surface area (Å²) in [5.74, 6) is -1.75. The summed E-state index contributed by atoms with van der Waals surface area (Å²) < 4.78 is 45.0. The highest BCUT2D eigenvalue weighted by Crippen LogP contribution is 2.17. The molecule has 7 nitrogen and oxygen atoms in total. The van der Waals surface area contributed by atoms with Gasteiger partial charge < -0.3 is 9.64 Å². The fraction of sp³-hybridized carbons (Fsp3) is 0.375. The molecule has 0 atom stereocenters. The number of likely N-dealkylation sites (tertiary alicyclic amines) is 1. The van der Waals surface area contributed by atoms with Crippen LogP contribution in [0, 0.1) is 5.82 Å². The van der Waals surface area contributed by atoms with E-state index in [4.69, 9.17) is 4.74 Å². The van der Waals surface area contributed by atoms with Crippen molar-refractivity contribution in [1.82, 2.24) is 9.62 Å². The molecule has 0 bridgehead atoms. The van der Waals surface area contributed by atoms with Gasteiger partial charge in [-0.1, -0.05) is 6.08 Å². The first-order valence-electron chi connectivity index (χ1n) is 7.70. The molecular formula is C16H19FN2O5S. The maximum Gasteiger partial charge on any atom is 0.338 e. The zero-order valence-corrected chi connectivity index (χ0v) is 14.4. The molecule has 0 aromatic heterocycles. The molecule has 1 N–H and O–H groups in total. The summed E-state index contributed by atoms with van der Waals surface area (Å²) in [5, 5.41) is 0. The summed E-state index contributed by atoms with van der Waals surface area (Å²) in [5.41, 5.74) is -0.0897. The number of sulfonamides is 1. The molecule has 0 saturated carbocycles. The first kappa shape index (κ1) is 19.1. The molecule has 1 fully saturated rings. The first-order chi connectivity index (χ1) is 11.8. The molecule has 0 spiro atoms. The molecule has 1 amide bonds. The van der Waals surface area contributed by atoms with E-state index >= 15 is 0 Å². The van der Waals surface area contributed by atoms with Gasteiger partial charge in [0.25, 0.3) is 0 Å². The van der Waals surface area contributed by atoms with Gasteiger partial charge in [-0.2, -0.15) is 0 Å². The van der Waals surface area contributed by atoms with Crippen molar-refractivity contribution in [2.45, 2.75) is 17.7 Å².